The molecule has 0 saturated heterocycles. The Kier molecular flexibility index (Phi) is 9.13. The van der Waals surface area contributed by atoms with Crippen LogP contribution < -0.4 is 18.9 Å². The lowest BCUT2D eigenvalue weighted by atomic mass is 9.88. The van der Waals surface area contributed by atoms with E-state index >= 15 is 0 Å². The summed E-state index contributed by atoms with van der Waals surface area (Å²) in [5, 5.41) is 9.39. The van der Waals surface area contributed by atoms with Crippen molar-refractivity contribution in [2.24, 2.45) is 0 Å². The third-order valence-corrected chi connectivity index (χ3v) is 6.95. The third kappa shape index (κ3) is 6.67. The second-order valence-electron chi connectivity index (χ2n) is 9.22. The summed E-state index contributed by atoms with van der Waals surface area (Å²) in [5.74, 6) is 0.249. The zero-order valence-corrected chi connectivity index (χ0v) is 22.5. The van der Waals surface area contributed by atoms with Crippen LogP contribution in [0.5, 0.6) is 23.0 Å². The molecule has 10 heteroatoms. The van der Waals surface area contributed by atoms with Crippen molar-refractivity contribution in [1.29, 1.82) is 0 Å². The first-order valence-electron chi connectivity index (χ1n) is 12.5. The highest BCUT2D eigenvalue weighted by atomic mass is 35.5. The zero-order chi connectivity index (χ0) is 28.1. The summed E-state index contributed by atoms with van der Waals surface area (Å²) in [5.41, 5.74) is -3.24. The molecule has 1 aliphatic rings. The van der Waals surface area contributed by atoms with Gasteiger partial charge >= 0.3 is 12.1 Å². The summed E-state index contributed by atoms with van der Waals surface area (Å²) >= 11 is 6.26. The molecule has 0 bridgehead atoms. The van der Waals surface area contributed by atoms with Gasteiger partial charge in [-0.3, -0.25) is 0 Å². The smallest absolute Gasteiger partial charge is 0.416 e. The minimum absolute atomic E-state index is 0.0555. The van der Waals surface area contributed by atoms with Crippen LogP contribution in [0.3, 0.4) is 0 Å². The Morgan fingerprint density at radius 1 is 1.03 bits per heavy atom. The molecule has 1 N–H and O–H groups in total. The molecule has 0 aliphatic carbocycles. The second kappa shape index (κ2) is 11.8. The van der Waals surface area contributed by atoms with Crippen molar-refractivity contribution in [3.63, 3.8) is 0 Å². The van der Waals surface area contributed by atoms with Crippen molar-refractivity contribution in [3.8, 4) is 23.0 Å². The van der Waals surface area contributed by atoms with E-state index in [1.54, 1.807) is 45.0 Å². The Labute approximate surface area is 225 Å². The first-order chi connectivity index (χ1) is 17.9. The number of aliphatic carboxylic acids is 1. The summed E-state index contributed by atoms with van der Waals surface area (Å²) in [6.07, 6.45) is -1.86. The van der Waals surface area contributed by atoms with E-state index in [0.717, 1.165) is 6.08 Å². The topological polar surface area (TPSA) is 74.2 Å². The Morgan fingerprint density at radius 3 is 2.18 bits per heavy atom. The van der Waals surface area contributed by atoms with Crippen LogP contribution in [0.1, 0.15) is 58.9 Å². The molecule has 1 aliphatic heterocycles. The van der Waals surface area contributed by atoms with Gasteiger partial charge in [0, 0.05) is 18.1 Å². The van der Waals surface area contributed by atoms with Gasteiger partial charge in [0.1, 0.15) is 28.6 Å². The SMILES string of the molecule is CCC1(CC)C=C(C(F)(F)F)c2cc(Cl)c(OCCCOc3ccc(OC(C)(CC)C(=O)O)cc3)cc2O1. The van der Waals surface area contributed by atoms with Crippen LogP contribution in [0.2, 0.25) is 5.02 Å². The number of carboxylic acid groups (broad SMARTS) is 1. The largest absolute Gasteiger partial charge is 0.493 e. The van der Waals surface area contributed by atoms with Crippen molar-refractivity contribution < 1.29 is 42.0 Å². The number of ether oxygens (including phenoxy) is 4. The summed E-state index contributed by atoms with van der Waals surface area (Å²) < 4.78 is 64.4. The number of allylic oxidation sites excluding steroid dienone is 1. The lowest BCUT2D eigenvalue weighted by molar-refractivity contribution is -0.154. The third-order valence-electron chi connectivity index (χ3n) is 6.66. The molecular weight excluding hydrogens is 525 g/mol. The van der Waals surface area contributed by atoms with Gasteiger partial charge < -0.3 is 24.1 Å². The predicted octanol–water partition coefficient (Wildman–Crippen LogP) is 7.72. The molecule has 0 spiro atoms. The number of halogens is 4. The molecule has 0 aromatic heterocycles. The van der Waals surface area contributed by atoms with Crippen LogP contribution in [-0.4, -0.2) is 41.7 Å². The van der Waals surface area contributed by atoms with E-state index in [1.165, 1.54) is 19.1 Å². The maximum atomic E-state index is 13.8. The number of carbonyl (C=O) groups is 1. The number of carboxylic acids is 1. The molecule has 1 atom stereocenters. The number of rotatable bonds is 12. The van der Waals surface area contributed by atoms with Gasteiger partial charge in [0.15, 0.2) is 0 Å². The van der Waals surface area contributed by atoms with Crippen molar-refractivity contribution in [3.05, 3.63) is 53.1 Å². The summed E-state index contributed by atoms with van der Waals surface area (Å²) in [6, 6.07) is 9.25. The summed E-state index contributed by atoms with van der Waals surface area (Å²) in [7, 11) is 0. The fourth-order valence-electron chi connectivity index (χ4n) is 3.92. The normalized spacial score (nSPS) is 15.9. The monoisotopic (exact) mass is 556 g/mol. The molecule has 1 unspecified atom stereocenters. The molecule has 38 heavy (non-hydrogen) atoms. The molecule has 0 fully saturated rings. The lowest BCUT2D eigenvalue weighted by Gasteiger charge is -2.36. The van der Waals surface area contributed by atoms with Gasteiger partial charge in [0.05, 0.1) is 23.8 Å². The first-order valence-corrected chi connectivity index (χ1v) is 12.8. The predicted molar refractivity (Wildman–Crippen MR) is 138 cm³/mol. The number of fused-ring (bicyclic) bond motifs is 1. The number of hydrogen-bond donors (Lipinski definition) is 1. The van der Waals surface area contributed by atoms with Crippen LogP contribution >= 0.6 is 11.6 Å². The van der Waals surface area contributed by atoms with Gasteiger partial charge in [-0.05, 0) is 62.6 Å². The number of benzene rings is 2. The lowest BCUT2D eigenvalue weighted by Crippen LogP contribution is -2.40. The maximum absolute atomic E-state index is 13.8. The Morgan fingerprint density at radius 2 is 1.63 bits per heavy atom. The summed E-state index contributed by atoms with van der Waals surface area (Å²) in [4.78, 5) is 11.4. The standard InChI is InChI=1S/C28H32ClF3O6/c1-5-26(4,25(33)34)37-19-11-9-18(10-12-19)35-13-8-14-36-24-16-23-20(15-22(24)29)21(28(30,31)32)17-27(6-2,7-3)38-23/h9-12,15-17H,5-8,13-14H2,1-4H3,(H,33,34). The zero-order valence-electron chi connectivity index (χ0n) is 21.8. The van der Waals surface area contributed by atoms with Gasteiger partial charge in [0.2, 0.25) is 5.60 Å². The average Bonchev–Trinajstić information content (AvgIpc) is 2.88. The minimum Gasteiger partial charge on any atom is -0.493 e. The van der Waals surface area contributed by atoms with Gasteiger partial charge in [-0.2, -0.15) is 13.2 Å². The maximum Gasteiger partial charge on any atom is 0.416 e. The van der Waals surface area contributed by atoms with Crippen molar-refractivity contribution >= 4 is 23.1 Å². The van der Waals surface area contributed by atoms with Crippen molar-refractivity contribution in [2.75, 3.05) is 13.2 Å². The van der Waals surface area contributed by atoms with Crippen molar-refractivity contribution in [2.45, 2.75) is 70.8 Å². The van der Waals surface area contributed by atoms with E-state index in [4.69, 9.17) is 30.5 Å². The highest BCUT2D eigenvalue weighted by molar-refractivity contribution is 6.32. The molecule has 1 heterocycles. The van der Waals surface area contributed by atoms with Gasteiger partial charge in [-0.25, -0.2) is 4.79 Å². The number of alkyl halides is 3. The van der Waals surface area contributed by atoms with Crippen molar-refractivity contribution in [1.82, 2.24) is 0 Å². The molecule has 0 saturated carbocycles. The molecule has 2 aromatic rings. The molecule has 6 nitrogen and oxygen atoms in total. The molecule has 208 valence electrons. The molecule has 0 amide bonds. The highest BCUT2D eigenvalue weighted by Gasteiger charge is 2.43. The fraction of sp³-hybridized carbons (Fsp3) is 0.464. The second-order valence-corrected chi connectivity index (χ2v) is 9.63. The molecule has 0 radical (unpaired) electrons. The van der Waals surface area contributed by atoms with E-state index < -0.39 is 28.9 Å². The van der Waals surface area contributed by atoms with Crippen LogP contribution in [0.25, 0.3) is 5.57 Å². The van der Waals surface area contributed by atoms with Crippen LogP contribution in [0.15, 0.2) is 42.5 Å². The Bertz CT molecular complexity index is 1160. The summed E-state index contributed by atoms with van der Waals surface area (Å²) in [6.45, 7) is 7.32. The number of hydrogen-bond acceptors (Lipinski definition) is 5. The Balaban J connectivity index is 1.59. The Hall–Kier alpha value is -3.07. The minimum atomic E-state index is -4.55. The molecule has 2 aromatic carbocycles. The van der Waals surface area contributed by atoms with Gasteiger partial charge in [-0.1, -0.05) is 32.4 Å². The van der Waals surface area contributed by atoms with Crippen LogP contribution in [0.4, 0.5) is 13.2 Å². The van der Waals surface area contributed by atoms with Crippen LogP contribution in [-0.2, 0) is 4.79 Å². The van der Waals surface area contributed by atoms with E-state index in [2.05, 4.69) is 0 Å². The van der Waals surface area contributed by atoms with E-state index in [1.807, 2.05) is 0 Å². The average molecular weight is 557 g/mol. The van der Waals surface area contributed by atoms with Gasteiger partial charge in [-0.15, -0.1) is 0 Å². The quantitative estimate of drug-likeness (QED) is 0.270. The van der Waals surface area contributed by atoms with Gasteiger partial charge in [0.25, 0.3) is 0 Å². The van der Waals surface area contributed by atoms with Crippen LogP contribution in [0, 0.1) is 0 Å². The molecule has 3 rings (SSSR count). The first kappa shape index (κ1) is 29.5. The molecular formula is C28H32ClF3O6. The highest BCUT2D eigenvalue weighted by Crippen LogP contribution is 2.48. The van der Waals surface area contributed by atoms with E-state index in [0.29, 0.717) is 43.8 Å². The fourth-order valence-corrected chi connectivity index (χ4v) is 4.14. The van der Waals surface area contributed by atoms with E-state index in [-0.39, 0.29) is 28.7 Å². The van der Waals surface area contributed by atoms with E-state index in [9.17, 15) is 23.1 Å².